The zero-order valence-corrected chi connectivity index (χ0v) is 14.8. The van der Waals surface area contributed by atoms with E-state index in [9.17, 15) is 9.18 Å². The summed E-state index contributed by atoms with van der Waals surface area (Å²) in [7, 11) is 0. The number of aromatic nitrogens is 2. The molecule has 0 radical (unpaired) electrons. The van der Waals surface area contributed by atoms with E-state index in [1.54, 1.807) is 4.90 Å². The topological polar surface area (TPSA) is 61.4 Å². The molecule has 130 valence electrons. The molecule has 1 aliphatic rings. The molecule has 2 aromatic rings. The van der Waals surface area contributed by atoms with Gasteiger partial charge in [-0.05, 0) is 38.3 Å². The third-order valence-electron chi connectivity index (χ3n) is 4.44. The summed E-state index contributed by atoms with van der Waals surface area (Å²) in [6, 6.07) is 2.43. The van der Waals surface area contributed by atoms with Gasteiger partial charge in [0.1, 0.15) is 5.52 Å². The Morgan fingerprint density at radius 2 is 2.24 bits per heavy atom. The highest BCUT2D eigenvalue weighted by atomic mass is 35.5. The summed E-state index contributed by atoms with van der Waals surface area (Å²) in [6.07, 6.45) is 0.580. The fourth-order valence-electron chi connectivity index (χ4n) is 3.26. The van der Waals surface area contributed by atoms with Crippen LogP contribution in [0.2, 0.25) is 5.02 Å². The van der Waals surface area contributed by atoms with E-state index in [0.29, 0.717) is 23.5 Å². The van der Waals surface area contributed by atoms with E-state index >= 15 is 0 Å². The van der Waals surface area contributed by atoms with Gasteiger partial charge in [-0.25, -0.2) is 9.37 Å². The van der Waals surface area contributed by atoms with E-state index in [1.807, 2.05) is 13.8 Å². The van der Waals surface area contributed by atoms with Crippen molar-refractivity contribution in [2.45, 2.75) is 26.3 Å². The number of hydrogen-bond acceptors (Lipinski definition) is 3. The minimum atomic E-state index is -0.526. The Hall–Kier alpha value is -2.47. The quantitative estimate of drug-likeness (QED) is 0.837. The van der Waals surface area contributed by atoms with Crippen molar-refractivity contribution in [3.8, 4) is 0 Å². The summed E-state index contributed by atoms with van der Waals surface area (Å²) in [6.45, 7) is 11.8. The lowest BCUT2D eigenvalue weighted by atomic mass is 9.93. The Labute approximate surface area is 149 Å². The van der Waals surface area contributed by atoms with Crippen LogP contribution in [0.4, 0.5) is 4.39 Å². The first-order chi connectivity index (χ1) is 11.8. The number of fused-ring (bicyclic) bond motifs is 1. The van der Waals surface area contributed by atoms with E-state index in [1.165, 1.54) is 12.1 Å². The number of halogens is 2. The first-order valence-electron chi connectivity index (χ1n) is 7.85. The maximum atomic E-state index is 13.9. The van der Waals surface area contributed by atoms with E-state index in [-0.39, 0.29) is 23.3 Å². The van der Waals surface area contributed by atoms with Crippen LogP contribution in [0.15, 0.2) is 40.5 Å². The van der Waals surface area contributed by atoms with Crippen LogP contribution in [-0.4, -0.2) is 40.1 Å². The van der Waals surface area contributed by atoms with Gasteiger partial charge in [0.25, 0.3) is 5.91 Å². The Bertz CT molecular complexity index is 892. The smallest absolute Gasteiger partial charge is 0.290 e. The molecule has 1 aromatic carbocycles. The average Bonchev–Trinajstić information content (AvgIpc) is 3.03. The lowest BCUT2D eigenvalue weighted by Gasteiger charge is -2.35. The lowest BCUT2D eigenvalue weighted by Crippen LogP contribution is -2.44. The molecule has 0 bridgehead atoms. The lowest BCUT2D eigenvalue weighted by molar-refractivity contribution is 0.0697. The largest absolute Gasteiger partial charge is 0.333 e. The number of amides is 1. The zero-order chi connectivity index (χ0) is 18.3. The Kier molecular flexibility index (Phi) is 4.47. The van der Waals surface area contributed by atoms with E-state index in [2.05, 4.69) is 28.3 Å². The first-order valence-corrected chi connectivity index (χ1v) is 8.23. The van der Waals surface area contributed by atoms with Crippen molar-refractivity contribution in [1.29, 1.82) is 0 Å². The highest BCUT2D eigenvalue weighted by molar-refractivity contribution is 6.35. The van der Waals surface area contributed by atoms with Crippen molar-refractivity contribution in [1.82, 2.24) is 14.9 Å². The third-order valence-corrected chi connectivity index (χ3v) is 4.76. The van der Waals surface area contributed by atoms with Gasteiger partial charge in [0.15, 0.2) is 11.6 Å². The van der Waals surface area contributed by atoms with Crippen LogP contribution in [0.5, 0.6) is 0 Å². The molecule has 3 rings (SSSR count). The number of imidazole rings is 1. The summed E-state index contributed by atoms with van der Waals surface area (Å²) in [5.41, 5.74) is 2.96. The number of nitrogens with zero attached hydrogens (tertiary/aromatic N) is 3. The van der Waals surface area contributed by atoms with Crippen LogP contribution >= 0.6 is 11.6 Å². The molecule has 1 unspecified atom stereocenters. The number of rotatable bonds is 3. The van der Waals surface area contributed by atoms with Gasteiger partial charge in [-0.15, -0.1) is 0 Å². The van der Waals surface area contributed by atoms with Crippen LogP contribution in [-0.2, 0) is 0 Å². The van der Waals surface area contributed by atoms with Crippen LogP contribution in [0.3, 0.4) is 0 Å². The first kappa shape index (κ1) is 17.4. The number of nitrogens with one attached hydrogen (secondary N) is 1. The monoisotopic (exact) mass is 360 g/mol. The van der Waals surface area contributed by atoms with Gasteiger partial charge in [-0.2, -0.15) is 0 Å². The predicted octanol–water partition coefficient (Wildman–Crippen LogP) is 4.12. The standard InChI is InChI=1S/C18H18ClFN4O/c1-9(2)14-10(3)24(8-7-13(14)21-4)18(25)17-22-15-11(19)5-6-12(20)16(15)23-17/h5-6,10H,1,4,7-8H2,2-3H3,(H,22,23). The van der Waals surface area contributed by atoms with E-state index in [4.69, 9.17) is 11.6 Å². The highest BCUT2D eigenvalue weighted by Gasteiger charge is 2.32. The molecule has 0 fully saturated rings. The van der Waals surface area contributed by atoms with Crippen LogP contribution < -0.4 is 0 Å². The van der Waals surface area contributed by atoms with Crippen molar-refractivity contribution in [2.24, 2.45) is 4.99 Å². The molecule has 0 spiro atoms. The average molecular weight is 361 g/mol. The van der Waals surface area contributed by atoms with Crippen LogP contribution in [0, 0.1) is 5.82 Å². The second kappa shape index (κ2) is 6.44. The molecule has 0 saturated heterocycles. The van der Waals surface area contributed by atoms with Gasteiger partial charge >= 0.3 is 0 Å². The number of benzene rings is 1. The van der Waals surface area contributed by atoms with Gasteiger partial charge in [-0.1, -0.05) is 23.8 Å². The summed E-state index contributed by atoms with van der Waals surface area (Å²) >= 11 is 6.06. The number of carbonyl (C=O) groups excluding carboxylic acids is 1. The van der Waals surface area contributed by atoms with Crippen molar-refractivity contribution in [3.63, 3.8) is 0 Å². The third kappa shape index (κ3) is 2.87. The Balaban J connectivity index is 2.01. The maximum absolute atomic E-state index is 13.9. The van der Waals surface area contributed by atoms with Crippen molar-refractivity contribution >= 4 is 35.3 Å². The van der Waals surface area contributed by atoms with Crippen LogP contribution in [0.1, 0.15) is 30.9 Å². The molecule has 1 aliphatic heterocycles. The molecule has 7 heteroatoms. The molecule has 2 heterocycles. The van der Waals surface area contributed by atoms with Crippen molar-refractivity contribution < 1.29 is 9.18 Å². The summed E-state index contributed by atoms with van der Waals surface area (Å²) in [5.74, 6) is -0.784. The fraction of sp³-hybridized carbons (Fsp3) is 0.278. The zero-order valence-electron chi connectivity index (χ0n) is 14.1. The fourth-order valence-corrected chi connectivity index (χ4v) is 3.46. The molecular weight excluding hydrogens is 343 g/mol. The van der Waals surface area contributed by atoms with Crippen molar-refractivity contribution in [3.05, 3.63) is 52.2 Å². The second-order valence-electron chi connectivity index (χ2n) is 6.06. The van der Waals surface area contributed by atoms with Crippen LogP contribution in [0.25, 0.3) is 11.0 Å². The maximum Gasteiger partial charge on any atom is 0.290 e. The van der Waals surface area contributed by atoms with E-state index in [0.717, 1.165) is 16.8 Å². The number of aliphatic imine (C=N–C) groups is 1. The summed E-state index contributed by atoms with van der Waals surface area (Å²) in [5, 5.41) is 0.315. The molecule has 1 atom stereocenters. The molecule has 1 N–H and O–H groups in total. The molecule has 1 amide bonds. The molecular formula is C18H18ClFN4O. The SMILES string of the molecule is C=NC1=C(C(=C)C)C(C)N(C(=O)c2nc3c(F)ccc(Cl)c3[nH]2)CC1. The number of H-pyrrole nitrogens is 1. The summed E-state index contributed by atoms with van der Waals surface area (Å²) in [4.78, 5) is 25.6. The Morgan fingerprint density at radius 1 is 1.52 bits per heavy atom. The van der Waals surface area contributed by atoms with E-state index < -0.39 is 5.82 Å². The Morgan fingerprint density at radius 3 is 2.84 bits per heavy atom. The normalized spacial score (nSPS) is 17.9. The van der Waals surface area contributed by atoms with Gasteiger partial charge < -0.3 is 9.88 Å². The van der Waals surface area contributed by atoms with Gasteiger partial charge in [0.05, 0.1) is 16.6 Å². The number of carbonyl (C=O) groups is 1. The highest BCUT2D eigenvalue weighted by Crippen LogP contribution is 2.31. The number of aromatic amines is 1. The molecule has 0 aliphatic carbocycles. The minimum absolute atomic E-state index is 0.0598. The van der Waals surface area contributed by atoms with Gasteiger partial charge in [-0.3, -0.25) is 9.79 Å². The van der Waals surface area contributed by atoms with Gasteiger partial charge in [0.2, 0.25) is 0 Å². The number of hydrogen-bond donors (Lipinski definition) is 1. The molecule has 0 saturated carbocycles. The molecule has 5 nitrogen and oxygen atoms in total. The molecule has 1 aromatic heterocycles. The second-order valence-corrected chi connectivity index (χ2v) is 6.47. The predicted molar refractivity (Wildman–Crippen MR) is 97.6 cm³/mol. The minimum Gasteiger partial charge on any atom is -0.333 e. The van der Waals surface area contributed by atoms with Crippen molar-refractivity contribution in [2.75, 3.05) is 6.54 Å². The molecule has 25 heavy (non-hydrogen) atoms. The summed E-state index contributed by atoms with van der Waals surface area (Å²) < 4.78 is 13.9. The van der Waals surface area contributed by atoms with Gasteiger partial charge in [0, 0.05) is 18.7 Å².